The molecular formula is C14H18Cl2N2O5P+. The molecule has 24 heavy (non-hydrogen) atoms. The second-order valence-electron chi connectivity index (χ2n) is 4.56. The monoisotopic (exact) mass is 395 g/mol. The van der Waals surface area contributed by atoms with E-state index in [4.69, 9.17) is 32.5 Å². The normalized spacial score (nSPS) is 11.1. The smallest absolute Gasteiger partial charge is 0.441 e. The molecule has 0 aliphatic heterocycles. The zero-order valence-electron chi connectivity index (χ0n) is 13.2. The Morgan fingerprint density at radius 2 is 1.88 bits per heavy atom. The lowest BCUT2D eigenvalue weighted by Crippen LogP contribution is -2.45. The van der Waals surface area contributed by atoms with Crippen LogP contribution >= 0.6 is 31.4 Å². The molecule has 0 aliphatic carbocycles. The van der Waals surface area contributed by atoms with Gasteiger partial charge in [-0.15, -0.1) is 4.52 Å². The maximum absolute atomic E-state index is 12.2. The number of carbonyl (C=O) groups is 2. The number of amides is 2. The van der Waals surface area contributed by atoms with Crippen molar-refractivity contribution in [3.8, 4) is 0 Å². The van der Waals surface area contributed by atoms with Gasteiger partial charge in [-0.25, -0.2) is 9.80 Å². The van der Waals surface area contributed by atoms with Crippen LogP contribution in [0.1, 0.15) is 18.9 Å². The van der Waals surface area contributed by atoms with Crippen molar-refractivity contribution in [1.29, 1.82) is 0 Å². The highest BCUT2D eigenvalue weighted by Gasteiger charge is 2.44. The Morgan fingerprint density at radius 3 is 2.42 bits per heavy atom. The summed E-state index contributed by atoms with van der Waals surface area (Å²) in [6.45, 7) is 1.90. The minimum atomic E-state index is -2.67. The summed E-state index contributed by atoms with van der Waals surface area (Å²) in [5.41, 5.74) is 0.733. The molecule has 1 aromatic carbocycles. The molecule has 0 fully saturated rings. The van der Waals surface area contributed by atoms with Gasteiger partial charge in [0.05, 0.1) is 0 Å². The summed E-state index contributed by atoms with van der Waals surface area (Å²) in [5.74, 6) is -0.835. The van der Waals surface area contributed by atoms with Gasteiger partial charge in [0, 0.05) is 16.4 Å². The van der Waals surface area contributed by atoms with Gasteiger partial charge in [0.2, 0.25) is 0 Å². The number of hydrazine groups is 1. The van der Waals surface area contributed by atoms with Gasteiger partial charge in [0.25, 0.3) is 5.91 Å². The van der Waals surface area contributed by atoms with Crippen molar-refractivity contribution in [3.63, 3.8) is 0 Å². The van der Waals surface area contributed by atoms with Crippen molar-refractivity contribution in [1.82, 2.24) is 9.79 Å². The van der Waals surface area contributed by atoms with E-state index in [0.717, 1.165) is 10.6 Å². The molecule has 0 aromatic heterocycles. The van der Waals surface area contributed by atoms with Crippen molar-refractivity contribution in [3.05, 3.63) is 35.9 Å². The van der Waals surface area contributed by atoms with Crippen LogP contribution in [0.3, 0.4) is 0 Å². The molecule has 0 N–H and O–H groups in total. The van der Waals surface area contributed by atoms with Crippen LogP contribution in [0.15, 0.2) is 30.3 Å². The van der Waals surface area contributed by atoms with Crippen LogP contribution in [-0.4, -0.2) is 40.3 Å². The Morgan fingerprint density at radius 1 is 1.25 bits per heavy atom. The number of hydrogen-bond acceptors (Lipinski definition) is 5. The third-order valence-corrected chi connectivity index (χ3v) is 4.24. The quantitative estimate of drug-likeness (QED) is 0.397. The van der Waals surface area contributed by atoms with Gasteiger partial charge >= 0.3 is 14.3 Å². The molecule has 0 bridgehead atoms. The number of rotatable bonds is 7. The topological polar surface area (TPSA) is 76.2 Å². The van der Waals surface area contributed by atoms with E-state index in [0.29, 0.717) is 11.2 Å². The van der Waals surface area contributed by atoms with E-state index in [-0.39, 0.29) is 13.2 Å². The van der Waals surface area contributed by atoms with Gasteiger partial charge in [-0.3, -0.25) is 4.79 Å². The van der Waals surface area contributed by atoms with Crippen LogP contribution in [0.25, 0.3) is 0 Å². The molecule has 1 aromatic rings. The molecule has 0 saturated carbocycles. The highest BCUT2D eigenvalue weighted by molar-refractivity contribution is 7.37. The Balaban J connectivity index is 2.84. The van der Waals surface area contributed by atoms with E-state index >= 15 is 0 Å². The van der Waals surface area contributed by atoms with Crippen LogP contribution in [0, 0.1) is 0 Å². The first-order valence-corrected chi connectivity index (χ1v) is 9.05. The highest BCUT2D eigenvalue weighted by Crippen LogP contribution is 2.32. The first kappa shape index (κ1) is 20.6. The summed E-state index contributed by atoms with van der Waals surface area (Å²) in [6.07, 6.45) is -0.430. The lowest BCUT2D eigenvalue weighted by Gasteiger charge is -2.21. The second-order valence-corrected chi connectivity index (χ2v) is 6.77. The van der Waals surface area contributed by atoms with E-state index in [1.165, 1.54) is 7.05 Å². The van der Waals surface area contributed by atoms with E-state index in [1.54, 1.807) is 24.3 Å². The number of halogens is 2. The number of benzene rings is 1. The Hall–Kier alpha value is -1.40. The van der Waals surface area contributed by atoms with Crippen molar-refractivity contribution >= 4 is 43.4 Å². The van der Waals surface area contributed by atoms with Gasteiger partial charge in [0.15, 0.2) is 4.84 Å². The average molecular weight is 396 g/mol. The molecule has 1 rings (SSSR count). The van der Waals surface area contributed by atoms with E-state index < -0.39 is 25.0 Å². The van der Waals surface area contributed by atoms with E-state index in [9.17, 15) is 14.2 Å². The zero-order valence-corrected chi connectivity index (χ0v) is 15.6. The fourth-order valence-electron chi connectivity index (χ4n) is 1.53. The minimum Gasteiger partial charge on any atom is -0.441 e. The summed E-state index contributed by atoms with van der Waals surface area (Å²) in [6, 6.07) is 8.90. The van der Waals surface area contributed by atoms with Gasteiger partial charge in [-0.2, -0.15) is 0 Å². The molecular weight excluding hydrogens is 378 g/mol. The van der Waals surface area contributed by atoms with Crippen molar-refractivity contribution in [2.24, 2.45) is 0 Å². The fourth-order valence-corrected chi connectivity index (χ4v) is 2.76. The molecule has 1 unspecified atom stereocenters. The Kier molecular flexibility index (Phi) is 9.00. The maximum atomic E-state index is 12.2. The number of ether oxygens (including phenoxy) is 1. The molecule has 7 nitrogen and oxygen atoms in total. The predicted octanol–water partition coefficient (Wildman–Crippen LogP) is 3.89. The first-order valence-electron chi connectivity index (χ1n) is 7.05. The summed E-state index contributed by atoms with van der Waals surface area (Å²) in [4.78, 5) is 22.7. The largest absolute Gasteiger partial charge is 0.672 e. The van der Waals surface area contributed by atoms with Crippen molar-refractivity contribution in [2.45, 2.75) is 24.8 Å². The van der Waals surface area contributed by atoms with Crippen LogP contribution in [-0.2, 0) is 25.2 Å². The minimum absolute atomic E-state index is 0.0552. The molecule has 0 spiro atoms. The SMILES string of the molecule is CCCO[P+](=O)N(C(=O)OCc1ccccc1)N(C)C(=O)C(Cl)Cl. The molecule has 0 aliphatic rings. The van der Waals surface area contributed by atoms with Crippen molar-refractivity contribution < 1.29 is 23.4 Å². The Bertz CT molecular complexity index is 574. The van der Waals surface area contributed by atoms with Crippen LogP contribution < -0.4 is 0 Å². The molecule has 1 atom stereocenters. The lowest BCUT2D eigenvalue weighted by molar-refractivity contribution is -0.136. The van der Waals surface area contributed by atoms with Crippen LogP contribution in [0.2, 0.25) is 0 Å². The second kappa shape index (κ2) is 10.5. The van der Waals surface area contributed by atoms with Gasteiger partial charge in [-0.1, -0.05) is 60.5 Å². The van der Waals surface area contributed by atoms with Gasteiger partial charge in [-0.05, 0) is 12.0 Å². The molecule has 132 valence electrons. The van der Waals surface area contributed by atoms with Gasteiger partial charge < -0.3 is 4.74 Å². The maximum Gasteiger partial charge on any atom is 0.672 e. The number of hydrogen-bond donors (Lipinski definition) is 0. The number of alkyl halides is 2. The fraction of sp³-hybridized carbons (Fsp3) is 0.429. The Labute approximate surface area is 151 Å². The number of nitrogens with zero attached hydrogens (tertiary/aromatic N) is 2. The molecule has 0 radical (unpaired) electrons. The summed E-state index contributed by atoms with van der Waals surface area (Å²) in [5, 5.41) is 0.729. The van der Waals surface area contributed by atoms with E-state index in [1.807, 2.05) is 13.0 Å². The lowest BCUT2D eigenvalue weighted by atomic mass is 10.2. The third-order valence-electron chi connectivity index (χ3n) is 2.72. The van der Waals surface area contributed by atoms with Crippen LogP contribution in [0.4, 0.5) is 4.79 Å². The van der Waals surface area contributed by atoms with Crippen molar-refractivity contribution in [2.75, 3.05) is 13.7 Å². The van der Waals surface area contributed by atoms with Crippen LogP contribution in [0.5, 0.6) is 0 Å². The molecule has 2 amide bonds. The summed E-state index contributed by atoms with van der Waals surface area (Å²) >= 11 is 11.0. The summed E-state index contributed by atoms with van der Waals surface area (Å²) < 4.78 is 22.9. The predicted molar refractivity (Wildman–Crippen MR) is 90.6 cm³/mol. The molecule has 0 heterocycles. The third kappa shape index (κ3) is 6.24. The molecule has 10 heteroatoms. The highest BCUT2D eigenvalue weighted by atomic mass is 35.5. The van der Waals surface area contributed by atoms with Gasteiger partial charge in [0.1, 0.15) is 13.2 Å². The zero-order chi connectivity index (χ0) is 18.1. The average Bonchev–Trinajstić information content (AvgIpc) is 2.58. The number of carbonyl (C=O) groups excluding carboxylic acids is 2. The summed E-state index contributed by atoms with van der Waals surface area (Å²) in [7, 11) is -1.47. The first-order chi connectivity index (χ1) is 11.4. The molecule has 0 saturated heterocycles. The standard InChI is InChI=1S/C14H18Cl2N2O5P/c1-3-9-23-24(21)18(17(2)13(19)12(15)16)14(20)22-10-11-7-5-4-6-8-11/h4-8,12H,3,9-10H2,1-2H3/q+1. The van der Waals surface area contributed by atoms with E-state index in [2.05, 4.69) is 0 Å².